The van der Waals surface area contributed by atoms with E-state index in [2.05, 4.69) is 129 Å². The normalized spacial score (nSPS) is 15.0. The van der Waals surface area contributed by atoms with Gasteiger partial charge >= 0.3 is 0 Å². The van der Waals surface area contributed by atoms with Crippen LogP contribution in [0.1, 0.15) is 37.5 Å². The lowest BCUT2D eigenvalue weighted by Gasteiger charge is -2.26. The van der Waals surface area contributed by atoms with E-state index in [4.69, 9.17) is 5.41 Å². The molecule has 210 valence electrons. The van der Waals surface area contributed by atoms with Crippen LogP contribution in [-0.4, -0.2) is 6.21 Å². The van der Waals surface area contributed by atoms with Crippen molar-refractivity contribution in [2.45, 2.75) is 27.2 Å². The largest absolute Gasteiger partial charge is 0.308 e. The first kappa shape index (κ1) is 28.1. The molecule has 0 saturated carbocycles. The Morgan fingerprint density at radius 2 is 1.47 bits per heavy atom. The molecule has 0 amide bonds. The molecule has 1 unspecified atom stereocenters. The molecule has 43 heavy (non-hydrogen) atoms. The zero-order valence-corrected chi connectivity index (χ0v) is 25.2. The van der Waals surface area contributed by atoms with Gasteiger partial charge in [0.2, 0.25) is 0 Å². The second kappa shape index (κ2) is 11.7. The maximum Gasteiger partial charge on any atom is 0.0207 e. The van der Waals surface area contributed by atoms with Gasteiger partial charge in [-0.15, -0.1) is 0 Å². The predicted octanol–water partition coefficient (Wildman–Crippen LogP) is 11.6. The Labute approximate surface area is 255 Å². The number of allylic oxidation sites excluding steroid dienone is 7. The topological polar surface area (TPSA) is 23.9 Å². The molecule has 0 radical (unpaired) electrons. The lowest BCUT2D eigenvalue weighted by molar-refractivity contribution is 0.719. The molecule has 1 nitrogen and oxygen atoms in total. The highest BCUT2D eigenvalue weighted by Gasteiger charge is 2.23. The molecule has 6 rings (SSSR count). The summed E-state index contributed by atoms with van der Waals surface area (Å²) in [6.45, 7) is 14.8. The Kier molecular flexibility index (Phi) is 7.65. The summed E-state index contributed by atoms with van der Waals surface area (Å²) in [5.74, 6) is 0.492. The Balaban J connectivity index is 1.50. The lowest BCUT2D eigenvalue weighted by Crippen LogP contribution is -2.08. The highest BCUT2D eigenvalue weighted by Crippen LogP contribution is 2.45. The molecule has 0 aromatic heterocycles. The molecule has 5 aromatic carbocycles. The van der Waals surface area contributed by atoms with Gasteiger partial charge in [-0.05, 0) is 121 Å². The molecular weight excluding hydrogens is 518 g/mol. The smallest absolute Gasteiger partial charge is 0.0207 e. The molecule has 0 aliphatic heterocycles. The van der Waals surface area contributed by atoms with Gasteiger partial charge in [0.25, 0.3) is 0 Å². The average Bonchev–Trinajstić information content (AvgIpc) is 3.03. The van der Waals surface area contributed by atoms with Crippen LogP contribution in [-0.2, 0) is 6.42 Å². The third-order valence-electron chi connectivity index (χ3n) is 8.57. The van der Waals surface area contributed by atoms with Crippen LogP contribution in [0.4, 0.5) is 0 Å². The van der Waals surface area contributed by atoms with E-state index >= 15 is 0 Å². The van der Waals surface area contributed by atoms with Crippen molar-refractivity contribution in [2.75, 3.05) is 0 Å². The molecule has 1 N–H and O–H groups in total. The molecule has 0 fully saturated rings. The van der Waals surface area contributed by atoms with E-state index in [1.54, 1.807) is 0 Å². The zero-order chi connectivity index (χ0) is 30.1. The first-order chi connectivity index (χ1) is 20.8. The minimum Gasteiger partial charge on any atom is -0.308 e. The Bertz CT molecular complexity index is 2010. The Hall–Kier alpha value is -5.01. The van der Waals surface area contributed by atoms with Crippen LogP contribution in [0.5, 0.6) is 0 Å². The van der Waals surface area contributed by atoms with Crippen molar-refractivity contribution in [3.8, 4) is 22.3 Å². The molecule has 1 heteroatoms. The van der Waals surface area contributed by atoms with Crippen molar-refractivity contribution in [3.63, 3.8) is 0 Å². The maximum atomic E-state index is 7.45. The standard InChI is InChI=1S/C42H37N/c1-27-15-20-39-40(22-27)41(33-11-7-6-8-12-33)37-13-9-10-14-38(37)42(39)35-19-17-32-16-18-34(24-36(32)25-35)31(5)23-30(4)29(3)21-28(2)26-43/h6-21,23-27,43H,3,5,22H2,1-2,4H3/b28-21-,30-23+,43-26?. The molecule has 0 saturated heterocycles. The molecule has 0 bridgehead atoms. The quantitative estimate of drug-likeness (QED) is 0.153. The van der Waals surface area contributed by atoms with E-state index in [9.17, 15) is 0 Å². The van der Waals surface area contributed by atoms with E-state index in [1.807, 2.05) is 19.9 Å². The number of hydrogen-bond acceptors (Lipinski definition) is 1. The van der Waals surface area contributed by atoms with E-state index in [1.165, 1.54) is 61.1 Å². The maximum absolute atomic E-state index is 7.45. The van der Waals surface area contributed by atoms with Crippen molar-refractivity contribution < 1.29 is 0 Å². The zero-order valence-electron chi connectivity index (χ0n) is 25.2. The Morgan fingerprint density at radius 1 is 0.767 bits per heavy atom. The third-order valence-corrected chi connectivity index (χ3v) is 8.57. The van der Waals surface area contributed by atoms with Crippen LogP contribution in [0, 0.1) is 11.3 Å². The van der Waals surface area contributed by atoms with Crippen LogP contribution in [0.25, 0.3) is 55.4 Å². The monoisotopic (exact) mass is 555 g/mol. The minimum atomic E-state index is 0.492. The second-order valence-electron chi connectivity index (χ2n) is 11.8. The van der Waals surface area contributed by atoms with Crippen LogP contribution in [0.15, 0.2) is 139 Å². The van der Waals surface area contributed by atoms with Crippen LogP contribution >= 0.6 is 0 Å². The Morgan fingerprint density at radius 3 is 2.21 bits per heavy atom. The summed E-state index contributed by atoms with van der Waals surface area (Å²) < 4.78 is 0. The van der Waals surface area contributed by atoms with Gasteiger partial charge in [0.15, 0.2) is 0 Å². The third kappa shape index (κ3) is 5.47. The highest BCUT2D eigenvalue weighted by atomic mass is 14.3. The van der Waals surface area contributed by atoms with Crippen molar-refractivity contribution in [3.05, 3.63) is 156 Å². The second-order valence-corrected chi connectivity index (χ2v) is 11.8. The summed E-state index contributed by atoms with van der Waals surface area (Å²) in [5.41, 5.74) is 12.8. The average molecular weight is 556 g/mol. The fraction of sp³-hybridized carbons (Fsp3) is 0.119. The molecule has 1 aliphatic carbocycles. The van der Waals surface area contributed by atoms with Gasteiger partial charge in [0, 0.05) is 6.21 Å². The number of nitrogens with one attached hydrogen (secondary N) is 1. The molecule has 5 aromatic rings. The van der Waals surface area contributed by atoms with E-state index < -0.39 is 0 Å². The molecule has 1 aliphatic rings. The van der Waals surface area contributed by atoms with Crippen molar-refractivity contribution in [1.29, 1.82) is 5.41 Å². The first-order valence-corrected chi connectivity index (χ1v) is 14.9. The SMILES string of the molecule is C=C(/C=C(/C)C=N)/C(C)=C/C(=C)c1ccc2ccc(-c3c4c(c(-c5ccccc5)c5ccccc35)CC(C)C=C4)cc2c1. The summed E-state index contributed by atoms with van der Waals surface area (Å²) >= 11 is 0. The van der Waals surface area contributed by atoms with Gasteiger partial charge in [-0.1, -0.05) is 123 Å². The minimum absolute atomic E-state index is 0.492. The lowest BCUT2D eigenvalue weighted by atomic mass is 9.78. The summed E-state index contributed by atoms with van der Waals surface area (Å²) in [7, 11) is 0. The van der Waals surface area contributed by atoms with E-state index in [-0.39, 0.29) is 0 Å². The predicted molar refractivity (Wildman–Crippen MR) is 189 cm³/mol. The van der Waals surface area contributed by atoms with Gasteiger partial charge in [-0.25, -0.2) is 0 Å². The van der Waals surface area contributed by atoms with Crippen molar-refractivity contribution in [2.24, 2.45) is 5.92 Å². The highest BCUT2D eigenvalue weighted by molar-refractivity contribution is 6.11. The van der Waals surface area contributed by atoms with Crippen molar-refractivity contribution in [1.82, 2.24) is 0 Å². The van der Waals surface area contributed by atoms with Gasteiger partial charge in [0.1, 0.15) is 0 Å². The van der Waals surface area contributed by atoms with E-state index in [0.717, 1.165) is 34.3 Å². The van der Waals surface area contributed by atoms with Crippen molar-refractivity contribution >= 4 is 39.4 Å². The van der Waals surface area contributed by atoms with Gasteiger partial charge in [-0.2, -0.15) is 0 Å². The summed E-state index contributed by atoms with van der Waals surface area (Å²) in [5, 5.41) is 12.4. The van der Waals surface area contributed by atoms with Gasteiger partial charge < -0.3 is 5.41 Å². The summed E-state index contributed by atoms with van der Waals surface area (Å²) in [6, 6.07) is 33.2. The number of fused-ring (bicyclic) bond motifs is 3. The van der Waals surface area contributed by atoms with Crippen LogP contribution in [0.2, 0.25) is 0 Å². The molecule has 1 atom stereocenters. The molecular formula is C42H37N. The number of rotatable bonds is 7. The number of hydrogen-bond donors (Lipinski definition) is 1. The fourth-order valence-electron chi connectivity index (χ4n) is 6.27. The molecule has 0 heterocycles. The van der Waals surface area contributed by atoms with Crippen LogP contribution < -0.4 is 0 Å². The van der Waals surface area contributed by atoms with Gasteiger partial charge in [0.05, 0.1) is 0 Å². The van der Waals surface area contributed by atoms with Gasteiger partial charge in [-0.3, -0.25) is 0 Å². The van der Waals surface area contributed by atoms with E-state index in [0.29, 0.717) is 5.92 Å². The fourth-order valence-corrected chi connectivity index (χ4v) is 6.27. The van der Waals surface area contributed by atoms with Crippen LogP contribution in [0.3, 0.4) is 0 Å². The first-order valence-electron chi connectivity index (χ1n) is 14.9. The summed E-state index contributed by atoms with van der Waals surface area (Å²) in [4.78, 5) is 0. The summed E-state index contributed by atoms with van der Waals surface area (Å²) in [6.07, 6.45) is 11.1. The number of benzene rings is 5. The molecule has 0 spiro atoms.